The highest BCUT2D eigenvalue weighted by Gasteiger charge is 2.19. The van der Waals surface area contributed by atoms with E-state index in [2.05, 4.69) is 50.5 Å². The van der Waals surface area contributed by atoms with E-state index in [-0.39, 0.29) is 0 Å². The molecule has 1 atom stereocenters. The highest BCUT2D eigenvalue weighted by molar-refractivity contribution is 9.10. The van der Waals surface area contributed by atoms with Gasteiger partial charge in [-0.3, -0.25) is 4.98 Å². The van der Waals surface area contributed by atoms with E-state index in [9.17, 15) is 0 Å². The SMILES string of the molecule is Brc1cnccc1NC1CCCc2ccccc21. The van der Waals surface area contributed by atoms with Crippen LogP contribution in [-0.4, -0.2) is 4.98 Å². The van der Waals surface area contributed by atoms with Crippen LogP contribution in [0, 0.1) is 0 Å². The number of fused-ring (bicyclic) bond motifs is 1. The van der Waals surface area contributed by atoms with E-state index in [1.165, 1.54) is 30.4 Å². The van der Waals surface area contributed by atoms with E-state index in [0.29, 0.717) is 6.04 Å². The molecule has 1 heterocycles. The molecule has 0 aliphatic heterocycles. The average molecular weight is 303 g/mol. The van der Waals surface area contributed by atoms with Gasteiger partial charge in [-0.1, -0.05) is 24.3 Å². The highest BCUT2D eigenvalue weighted by Crippen LogP contribution is 2.33. The van der Waals surface area contributed by atoms with Crippen molar-refractivity contribution in [2.24, 2.45) is 0 Å². The van der Waals surface area contributed by atoms with Crippen molar-refractivity contribution in [3.05, 3.63) is 58.3 Å². The highest BCUT2D eigenvalue weighted by atomic mass is 79.9. The van der Waals surface area contributed by atoms with Gasteiger partial charge in [0, 0.05) is 12.4 Å². The van der Waals surface area contributed by atoms with E-state index in [0.717, 1.165) is 10.2 Å². The third kappa shape index (κ3) is 2.27. The fourth-order valence-electron chi connectivity index (χ4n) is 2.58. The van der Waals surface area contributed by atoms with E-state index >= 15 is 0 Å². The molecule has 0 saturated carbocycles. The molecular weight excluding hydrogens is 288 g/mol. The van der Waals surface area contributed by atoms with E-state index in [1.54, 1.807) is 0 Å². The zero-order valence-electron chi connectivity index (χ0n) is 10.1. The van der Waals surface area contributed by atoms with Crippen molar-refractivity contribution < 1.29 is 0 Å². The lowest BCUT2D eigenvalue weighted by Gasteiger charge is -2.27. The maximum atomic E-state index is 4.10. The second-order valence-corrected chi connectivity index (χ2v) is 5.50. The first-order chi connectivity index (χ1) is 8.84. The molecule has 1 unspecified atom stereocenters. The molecule has 1 aromatic carbocycles. The largest absolute Gasteiger partial charge is 0.377 e. The summed E-state index contributed by atoms with van der Waals surface area (Å²) in [4.78, 5) is 4.10. The smallest absolute Gasteiger partial charge is 0.0590 e. The predicted octanol–water partition coefficient (Wildman–Crippen LogP) is 4.33. The van der Waals surface area contributed by atoms with Gasteiger partial charge in [-0.2, -0.15) is 0 Å². The Morgan fingerprint density at radius 1 is 1.22 bits per heavy atom. The number of pyridine rings is 1. The van der Waals surface area contributed by atoms with Crippen LogP contribution >= 0.6 is 15.9 Å². The van der Waals surface area contributed by atoms with Gasteiger partial charge in [-0.05, 0) is 52.4 Å². The second-order valence-electron chi connectivity index (χ2n) is 4.64. The number of nitrogens with zero attached hydrogens (tertiary/aromatic N) is 1. The third-order valence-corrected chi connectivity index (χ3v) is 4.10. The number of hydrogen-bond donors (Lipinski definition) is 1. The lowest BCUT2D eigenvalue weighted by Crippen LogP contribution is -2.17. The monoisotopic (exact) mass is 302 g/mol. The number of rotatable bonds is 2. The van der Waals surface area contributed by atoms with Gasteiger partial charge in [0.1, 0.15) is 0 Å². The van der Waals surface area contributed by atoms with Crippen LogP contribution in [0.1, 0.15) is 30.0 Å². The first kappa shape index (κ1) is 11.7. The van der Waals surface area contributed by atoms with Crippen LogP contribution < -0.4 is 5.32 Å². The Bertz CT molecular complexity index is 554. The Balaban J connectivity index is 1.89. The summed E-state index contributed by atoms with van der Waals surface area (Å²) in [6, 6.07) is 11.2. The number of hydrogen-bond acceptors (Lipinski definition) is 2. The van der Waals surface area contributed by atoms with Gasteiger partial charge in [0.15, 0.2) is 0 Å². The van der Waals surface area contributed by atoms with E-state index in [1.807, 2.05) is 18.5 Å². The summed E-state index contributed by atoms with van der Waals surface area (Å²) in [5, 5.41) is 3.62. The average Bonchev–Trinajstić information content (AvgIpc) is 2.42. The van der Waals surface area contributed by atoms with Gasteiger partial charge < -0.3 is 5.32 Å². The normalized spacial score (nSPS) is 18.2. The molecule has 0 saturated heterocycles. The Morgan fingerprint density at radius 3 is 3.00 bits per heavy atom. The van der Waals surface area contributed by atoms with Crippen LogP contribution in [0.3, 0.4) is 0 Å². The molecule has 0 radical (unpaired) electrons. The maximum Gasteiger partial charge on any atom is 0.0590 e. The summed E-state index contributed by atoms with van der Waals surface area (Å²) in [5.41, 5.74) is 4.03. The lowest BCUT2D eigenvalue weighted by atomic mass is 9.87. The Hall–Kier alpha value is -1.35. The number of nitrogens with one attached hydrogen (secondary N) is 1. The number of halogens is 1. The summed E-state index contributed by atoms with van der Waals surface area (Å²) in [7, 11) is 0. The Kier molecular flexibility index (Phi) is 3.33. The minimum absolute atomic E-state index is 0.411. The summed E-state index contributed by atoms with van der Waals surface area (Å²) in [5.74, 6) is 0. The van der Waals surface area contributed by atoms with Crippen molar-refractivity contribution in [3.8, 4) is 0 Å². The fourth-order valence-corrected chi connectivity index (χ4v) is 2.95. The van der Waals surface area contributed by atoms with Gasteiger partial charge in [-0.15, -0.1) is 0 Å². The molecule has 1 N–H and O–H groups in total. The topological polar surface area (TPSA) is 24.9 Å². The molecule has 0 amide bonds. The van der Waals surface area contributed by atoms with Crippen molar-refractivity contribution in [2.45, 2.75) is 25.3 Å². The van der Waals surface area contributed by atoms with Crippen LogP contribution in [0.15, 0.2) is 47.2 Å². The summed E-state index contributed by atoms with van der Waals surface area (Å²) in [6.07, 6.45) is 7.29. The molecule has 1 aliphatic carbocycles. The molecular formula is C15H15BrN2. The van der Waals surface area contributed by atoms with Gasteiger partial charge in [0.2, 0.25) is 0 Å². The molecule has 2 nitrogen and oxygen atoms in total. The standard InChI is InChI=1S/C15H15BrN2/c16-13-10-17-9-8-15(13)18-14-7-3-5-11-4-1-2-6-12(11)14/h1-2,4,6,8-10,14H,3,5,7H2,(H,17,18). The minimum atomic E-state index is 0.411. The molecule has 18 heavy (non-hydrogen) atoms. The molecule has 1 aromatic heterocycles. The molecule has 92 valence electrons. The van der Waals surface area contributed by atoms with Crippen LogP contribution in [0.4, 0.5) is 5.69 Å². The van der Waals surface area contributed by atoms with Gasteiger partial charge >= 0.3 is 0 Å². The van der Waals surface area contributed by atoms with Crippen LogP contribution in [0.2, 0.25) is 0 Å². The molecule has 0 bridgehead atoms. The molecule has 0 spiro atoms. The predicted molar refractivity (Wildman–Crippen MR) is 77.7 cm³/mol. The summed E-state index contributed by atoms with van der Waals surface area (Å²) in [6.45, 7) is 0. The second kappa shape index (κ2) is 5.11. The van der Waals surface area contributed by atoms with Crippen LogP contribution in [-0.2, 0) is 6.42 Å². The summed E-state index contributed by atoms with van der Waals surface area (Å²) >= 11 is 3.54. The third-order valence-electron chi connectivity index (χ3n) is 3.47. The first-order valence-electron chi connectivity index (χ1n) is 6.28. The van der Waals surface area contributed by atoms with E-state index < -0.39 is 0 Å². The van der Waals surface area contributed by atoms with Crippen molar-refractivity contribution in [2.75, 3.05) is 5.32 Å². The lowest BCUT2D eigenvalue weighted by molar-refractivity contribution is 0.600. The molecule has 3 heteroatoms. The fraction of sp³-hybridized carbons (Fsp3) is 0.267. The molecule has 1 aliphatic rings. The Morgan fingerprint density at radius 2 is 2.11 bits per heavy atom. The van der Waals surface area contributed by atoms with Crippen molar-refractivity contribution in [1.82, 2.24) is 4.98 Å². The van der Waals surface area contributed by atoms with Gasteiger partial charge in [0.25, 0.3) is 0 Å². The number of benzene rings is 1. The van der Waals surface area contributed by atoms with Gasteiger partial charge in [-0.25, -0.2) is 0 Å². The number of aryl methyl sites for hydroxylation is 1. The number of anilines is 1. The minimum Gasteiger partial charge on any atom is -0.377 e. The quantitative estimate of drug-likeness (QED) is 0.893. The number of aromatic nitrogens is 1. The van der Waals surface area contributed by atoms with Crippen molar-refractivity contribution >= 4 is 21.6 Å². The zero-order chi connectivity index (χ0) is 12.4. The molecule has 0 fully saturated rings. The Labute approximate surface area is 116 Å². The first-order valence-corrected chi connectivity index (χ1v) is 7.08. The molecule has 2 aromatic rings. The molecule has 3 rings (SSSR count). The van der Waals surface area contributed by atoms with Crippen LogP contribution in [0.25, 0.3) is 0 Å². The van der Waals surface area contributed by atoms with Crippen molar-refractivity contribution in [1.29, 1.82) is 0 Å². The zero-order valence-corrected chi connectivity index (χ0v) is 11.7. The van der Waals surface area contributed by atoms with Crippen LogP contribution in [0.5, 0.6) is 0 Å². The van der Waals surface area contributed by atoms with Gasteiger partial charge in [0.05, 0.1) is 16.2 Å². The maximum absolute atomic E-state index is 4.10. The van der Waals surface area contributed by atoms with E-state index in [4.69, 9.17) is 0 Å². The summed E-state index contributed by atoms with van der Waals surface area (Å²) < 4.78 is 1.02. The van der Waals surface area contributed by atoms with Crippen molar-refractivity contribution in [3.63, 3.8) is 0 Å².